The van der Waals surface area contributed by atoms with E-state index in [0.717, 1.165) is 75.4 Å². The molecule has 2 N–H and O–H groups in total. The van der Waals surface area contributed by atoms with Gasteiger partial charge in [0.1, 0.15) is 0 Å². The molecular weight excluding hydrogens is 454 g/mol. The molecule has 0 aromatic carbocycles. The van der Waals surface area contributed by atoms with Crippen molar-refractivity contribution in [3.63, 3.8) is 0 Å². The first kappa shape index (κ1) is 26.4. The molecule has 0 amide bonds. The van der Waals surface area contributed by atoms with Gasteiger partial charge in [0.05, 0.1) is 5.25 Å². The van der Waals surface area contributed by atoms with Gasteiger partial charge in [0.25, 0.3) is 0 Å². The summed E-state index contributed by atoms with van der Waals surface area (Å²) in [4.78, 5) is 2.62. The fraction of sp³-hybridized carbons (Fsp3) is 1.00. The van der Waals surface area contributed by atoms with Gasteiger partial charge >= 0.3 is 0 Å². The maximum atomic E-state index is 13.9. The zero-order valence-electron chi connectivity index (χ0n) is 22.6. The van der Waals surface area contributed by atoms with Crippen molar-refractivity contribution >= 4 is 10.0 Å². The van der Waals surface area contributed by atoms with Crippen molar-refractivity contribution in [2.45, 2.75) is 121 Å². The van der Waals surface area contributed by atoms with Crippen LogP contribution in [0.25, 0.3) is 0 Å². The Bertz CT molecular complexity index is 796. The molecule has 202 valence electrons. The summed E-state index contributed by atoms with van der Waals surface area (Å²) in [6.45, 7) is 7.89. The Balaban J connectivity index is 1.26. The lowest BCUT2D eigenvalue weighted by Crippen LogP contribution is -2.72. The van der Waals surface area contributed by atoms with Crippen molar-refractivity contribution in [3.05, 3.63) is 0 Å². The third-order valence-electron chi connectivity index (χ3n) is 11.2. The molecule has 0 aromatic rings. The van der Waals surface area contributed by atoms with Crippen molar-refractivity contribution < 1.29 is 8.42 Å². The molecule has 2 saturated heterocycles. The molecule has 6 heteroatoms. The zero-order valence-corrected chi connectivity index (χ0v) is 23.4. The highest BCUT2D eigenvalue weighted by molar-refractivity contribution is 7.89. The molecular formula is C29H53N3O2S. The Morgan fingerprint density at radius 1 is 0.771 bits per heavy atom. The van der Waals surface area contributed by atoms with E-state index < -0.39 is 10.0 Å². The number of nitrogens with two attached hydrogens (primary N) is 1. The Morgan fingerprint density at radius 2 is 1.49 bits per heavy atom. The number of nitrogens with zero attached hydrogens (tertiary/aromatic N) is 2. The Kier molecular flexibility index (Phi) is 8.53. The molecule has 5 fully saturated rings. The second kappa shape index (κ2) is 11.3. The molecule has 7 atom stereocenters. The minimum absolute atomic E-state index is 0.165. The van der Waals surface area contributed by atoms with Crippen LogP contribution in [-0.2, 0) is 10.0 Å². The summed E-state index contributed by atoms with van der Waals surface area (Å²) < 4.78 is 29.7. The fourth-order valence-electron chi connectivity index (χ4n) is 9.26. The number of sulfonamides is 1. The molecule has 0 aromatic heterocycles. The van der Waals surface area contributed by atoms with Crippen molar-refractivity contribution in [2.24, 2.45) is 41.2 Å². The lowest BCUT2D eigenvalue weighted by atomic mass is 9.62. The molecule has 3 aliphatic carbocycles. The van der Waals surface area contributed by atoms with Gasteiger partial charge in [-0.1, -0.05) is 46.0 Å². The van der Waals surface area contributed by atoms with Gasteiger partial charge in [0.2, 0.25) is 10.0 Å². The average molecular weight is 508 g/mol. The molecule has 2 aliphatic heterocycles. The highest BCUT2D eigenvalue weighted by atomic mass is 32.2. The van der Waals surface area contributed by atoms with Crippen LogP contribution in [0.15, 0.2) is 0 Å². The summed E-state index contributed by atoms with van der Waals surface area (Å²) in [5.74, 6) is 4.43. The molecule has 35 heavy (non-hydrogen) atoms. The third kappa shape index (κ3) is 5.38. The van der Waals surface area contributed by atoms with E-state index >= 15 is 0 Å². The minimum atomic E-state index is -3.23. The number of rotatable bonds is 5. The van der Waals surface area contributed by atoms with Crippen molar-refractivity contribution in [1.82, 2.24) is 9.21 Å². The highest BCUT2D eigenvalue weighted by Crippen LogP contribution is 2.48. The monoisotopic (exact) mass is 507 g/mol. The van der Waals surface area contributed by atoms with E-state index in [2.05, 4.69) is 18.7 Å². The van der Waals surface area contributed by atoms with Crippen molar-refractivity contribution in [1.29, 1.82) is 0 Å². The molecule has 0 radical (unpaired) electrons. The number of hydrogen-bond donors (Lipinski definition) is 1. The van der Waals surface area contributed by atoms with Crippen LogP contribution < -0.4 is 5.73 Å². The molecule has 2 heterocycles. The maximum Gasteiger partial charge on any atom is 0.217 e. The quantitative estimate of drug-likeness (QED) is 0.552. The van der Waals surface area contributed by atoms with E-state index in [9.17, 15) is 8.42 Å². The van der Waals surface area contributed by atoms with Crippen LogP contribution in [0, 0.1) is 35.5 Å². The molecule has 0 bridgehead atoms. The Hall–Kier alpha value is -0.170. The van der Waals surface area contributed by atoms with E-state index in [1.54, 1.807) is 0 Å². The van der Waals surface area contributed by atoms with Gasteiger partial charge in [0, 0.05) is 31.7 Å². The van der Waals surface area contributed by atoms with Gasteiger partial charge in [-0.05, 0) is 99.8 Å². The summed E-state index contributed by atoms with van der Waals surface area (Å²) >= 11 is 0. The Labute approximate surface area is 216 Å². The average Bonchev–Trinajstić information content (AvgIpc) is 2.83. The molecule has 3 saturated carbocycles. The van der Waals surface area contributed by atoms with E-state index in [1.807, 2.05) is 4.31 Å². The maximum absolute atomic E-state index is 13.9. The third-order valence-corrected chi connectivity index (χ3v) is 13.7. The van der Waals surface area contributed by atoms with Crippen molar-refractivity contribution in [3.8, 4) is 0 Å². The first-order valence-electron chi connectivity index (χ1n) is 15.3. The van der Waals surface area contributed by atoms with Crippen LogP contribution in [-0.4, -0.2) is 61.1 Å². The lowest BCUT2D eigenvalue weighted by Gasteiger charge is -2.60. The predicted molar refractivity (Wildman–Crippen MR) is 145 cm³/mol. The van der Waals surface area contributed by atoms with Gasteiger partial charge in [-0.3, -0.25) is 4.90 Å². The van der Waals surface area contributed by atoms with Gasteiger partial charge in [-0.15, -0.1) is 0 Å². The Morgan fingerprint density at radius 3 is 2.20 bits per heavy atom. The van der Waals surface area contributed by atoms with E-state index in [0.29, 0.717) is 30.5 Å². The van der Waals surface area contributed by atoms with Crippen LogP contribution in [0.1, 0.15) is 104 Å². The summed E-state index contributed by atoms with van der Waals surface area (Å²) in [6, 6.07) is 0.848. The molecule has 0 spiro atoms. The standard InChI is InChI=1S/C29H53N3O2S/c1-21-8-7-10-25(18-21)23-12-14-24(15-13-23)29-26(19-30)32-17-6-5-16-31(20-27(29)32)35(33,34)28-11-4-3-9-22(28)2/h21-29H,3-20,30H2,1-2H3/t21?,22?,23?,24?,25?,26-,27?,28?,29-/m1/s1. The van der Waals surface area contributed by atoms with Crippen LogP contribution in [0.5, 0.6) is 0 Å². The van der Waals surface area contributed by atoms with Gasteiger partial charge < -0.3 is 5.73 Å². The molecule has 5 rings (SSSR count). The molecule has 5 nitrogen and oxygen atoms in total. The van der Waals surface area contributed by atoms with Crippen molar-refractivity contribution in [2.75, 3.05) is 26.2 Å². The molecule has 5 aliphatic rings. The largest absolute Gasteiger partial charge is 0.329 e. The van der Waals surface area contributed by atoms with Gasteiger partial charge in [-0.2, -0.15) is 0 Å². The van der Waals surface area contributed by atoms with Crippen LogP contribution >= 0.6 is 0 Å². The zero-order chi connectivity index (χ0) is 24.6. The SMILES string of the molecule is CC1CCCC(C2CCC([C@H]3C4CN(S(=O)(=O)C5CCCCC5C)CCCCN4[C@@H]3CN)CC2)C1. The number of hydrogen-bond acceptors (Lipinski definition) is 4. The van der Waals surface area contributed by atoms with E-state index in [1.165, 1.54) is 57.8 Å². The van der Waals surface area contributed by atoms with Gasteiger partial charge in [-0.25, -0.2) is 12.7 Å². The summed E-state index contributed by atoms with van der Waals surface area (Å²) in [7, 11) is -3.23. The summed E-state index contributed by atoms with van der Waals surface area (Å²) in [5.41, 5.74) is 6.37. The van der Waals surface area contributed by atoms with Crippen LogP contribution in [0.2, 0.25) is 0 Å². The number of fused-ring (bicyclic) bond motifs is 1. The van der Waals surface area contributed by atoms with E-state index in [4.69, 9.17) is 5.73 Å². The minimum Gasteiger partial charge on any atom is -0.329 e. The predicted octanol–water partition coefficient (Wildman–Crippen LogP) is 5.25. The highest BCUT2D eigenvalue weighted by Gasteiger charge is 2.53. The normalized spacial score (nSPS) is 44.6. The smallest absolute Gasteiger partial charge is 0.217 e. The first-order chi connectivity index (χ1) is 16.9. The van der Waals surface area contributed by atoms with Gasteiger partial charge in [0.15, 0.2) is 0 Å². The van der Waals surface area contributed by atoms with Crippen LogP contribution in [0.4, 0.5) is 0 Å². The summed E-state index contributed by atoms with van der Waals surface area (Å²) in [6.07, 6.45) is 17.5. The second-order valence-corrected chi connectivity index (χ2v) is 15.5. The second-order valence-electron chi connectivity index (χ2n) is 13.3. The fourth-order valence-corrected chi connectivity index (χ4v) is 11.6. The topological polar surface area (TPSA) is 66.6 Å². The summed E-state index contributed by atoms with van der Waals surface area (Å²) in [5, 5.41) is -0.165. The van der Waals surface area contributed by atoms with E-state index in [-0.39, 0.29) is 5.25 Å². The molecule has 5 unspecified atom stereocenters. The first-order valence-corrected chi connectivity index (χ1v) is 16.8. The lowest BCUT2D eigenvalue weighted by molar-refractivity contribution is -0.102. The van der Waals surface area contributed by atoms with Crippen LogP contribution in [0.3, 0.4) is 0 Å².